The van der Waals surface area contributed by atoms with Gasteiger partial charge in [-0.2, -0.15) is 0 Å². The van der Waals surface area contributed by atoms with Crippen molar-refractivity contribution in [1.29, 1.82) is 0 Å². The van der Waals surface area contributed by atoms with Crippen LogP contribution >= 0.6 is 0 Å². The zero-order valence-corrected chi connectivity index (χ0v) is 5.11. The van der Waals surface area contributed by atoms with Gasteiger partial charge in [-0.05, 0) is 6.08 Å². The molecule has 0 spiro atoms. The quantitative estimate of drug-likeness (QED) is 0.557. The van der Waals surface area contributed by atoms with Gasteiger partial charge in [0, 0.05) is 0 Å². The zero-order valence-electron chi connectivity index (χ0n) is 5.11. The molecule has 4 nitrogen and oxygen atoms in total. The molecule has 10 heavy (non-hydrogen) atoms. The van der Waals surface area contributed by atoms with Crippen LogP contribution in [0.15, 0.2) is 12.3 Å². The van der Waals surface area contributed by atoms with Gasteiger partial charge in [0.15, 0.2) is 0 Å². The SMILES string of the molecule is O=C(O)CC1C=COC1=O. The van der Waals surface area contributed by atoms with Crippen LogP contribution in [0.4, 0.5) is 0 Å². The van der Waals surface area contributed by atoms with E-state index in [0.717, 1.165) is 0 Å². The molecule has 1 unspecified atom stereocenters. The maximum atomic E-state index is 10.6. The molecule has 0 amide bonds. The number of carbonyl (C=O) groups is 2. The van der Waals surface area contributed by atoms with E-state index in [1.807, 2.05) is 0 Å². The van der Waals surface area contributed by atoms with Crippen molar-refractivity contribution >= 4 is 11.9 Å². The predicted molar refractivity (Wildman–Crippen MR) is 31.0 cm³/mol. The lowest BCUT2D eigenvalue weighted by Gasteiger charge is -1.97. The molecule has 0 fully saturated rings. The molecule has 0 bridgehead atoms. The Morgan fingerprint density at radius 3 is 2.90 bits per heavy atom. The average molecular weight is 142 g/mol. The number of ether oxygens (including phenoxy) is 1. The van der Waals surface area contributed by atoms with E-state index in [0.29, 0.717) is 0 Å². The normalized spacial score (nSPS) is 22.8. The molecule has 0 saturated heterocycles. The summed E-state index contributed by atoms with van der Waals surface area (Å²) in [6.07, 6.45) is 2.47. The van der Waals surface area contributed by atoms with Gasteiger partial charge < -0.3 is 9.84 Å². The van der Waals surface area contributed by atoms with Crippen molar-refractivity contribution in [1.82, 2.24) is 0 Å². The summed E-state index contributed by atoms with van der Waals surface area (Å²) in [5.41, 5.74) is 0. The standard InChI is InChI=1S/C6H6O4/c7-5(8)3-4-1-2-10-6(4)9/h1-2,4H,3H2,(H,7,8). The van der Waals surface area contributed by atoms with Crippen molar-refractivity contribution in [2.45, 2.75) is 6.42 Å². The fourth-order valence-corrected chi connectivity index (χ4v) is 0.707. The van der Waals surface area contributed by atoms with Gasteiger partial charge in [-0.25, -0.2) is 0 Å². The van der Waals surface area contributed by atoms with E-state index in [1.165, 1.54) is 12.3 Å². The van der Waals surface area contributed by atoms with Crippen LogP contribution in [-0.4, -0.2) is 17.0 Å². The number of esters is 1. The Hall–Kier alpha value is -1.32. The van der Waals surface area contributed by atoms with Crippen molar-refractivity contribution in [3.05, 3.63) is 12.3 Å². The van der Waals surface area contributed by atoms with Crippen LogP contribution in [-0.2, 0) is 14.3 Å². The van der Waals surface area contributed by atoms with E-state index in [4.69, 9.17) is 5.11 Å². The second kappa shape index (κ2) is 2.51. The molecule has 1 aliphatic rings. The molecule has 1 rings (SSSR count). The molecule has 0 aromatic carbocycles. The van der Waals surface area contributed by atoms with Gasteiger partial charge in [0.2, 0.25) is 0 Å². The number of rotatable bonds is 2. The molecule has 0 radical (unpaired) electrons. The van der Waals surface area contributed by atoms with Crippen molar-refractivity contribution in [2.24, 2.45) is 5.92 Å². The number of cyclic esters (lactones) is 1. The van der Waals surface area contributed by atoms with Crippen LogP contribution in [0, 0.1) is 5.92 Å². The first-order valence-electron chi connectivity index (χ1n) is 2.79. The Morgan fingerprint density at radius 1 is 1.80 bits per heavy atom. The first kappa shape index (κ1) is 6.80. The Labute approximate surface area is 57.1 Å². The van der Waals surface area contributed by atoms with Gasteiger partial charge in [-0.15, -0.1) is 0 Å². The number of carbonyl (C=O) groups excluding carboxylic acids is 1. The van der Waals surface area contributed by atoms with Gasteiger partial charge in [0.1, 0.15) is 0 Å². The highest BCUT2D eigenvalue weighted by molar-refractivity contribution is 5.82. The monoisotopic (exact) mass is 142 g/mol. The Morgan fingerprint density at radius 2 is 2.50 bits per heavy atom. The van der Waals surface area contributed by atoms with Crippen molar-refractivity contribution in [2.75, 3.05) is 0 Å². The van der Waals surface area contributed by atoms with Crippen LogP contribution in [0.3, 0.4) is 0 Å². The van der Waals surface area contributed by atoms with E-state index in [2.05, 4.69) is 4.74 Å². The van der Waals surface area contributed by atoms with Crippen LogP contribution in [0.2, 0.25) is 0 Å². The zero-order chi connectivity index (χ0) is 7.56. The minimum absolute atomic E-state index is 0.185. The molecule has 0 aliphatic carbocycles. The summed E-state index contributed by atoms with van der Waals surface area (Å²) in [5.74, 6) is -2.06. The smallest absolute Gasteiger partial charge is 0.318 e. The maximum absolute atomic E-state index is 10.6. The third-order valence-electron chi connectivity index (χ3n) is 1.19. The fraction of sp³-hybridized carbons (Fsp3) is 0.333. The highest BCUT2D eigenvalue weighted by Gasteiger charge is 2.23. The second-order valence-corrected chi connectivity index (χ2v) is 1.97. The number of carboxylic acids is 1. The summed E-state index contributed by atoms with van der Waals surface area (Å²) >= 11 is 0. The first-order chi connectivity index (χ1) is 4.70. The molecular weight excluding hydrogens is 136 g/mol. The van der Waals surface area contributed by atoms with Crippen LogP contribution in [0.5, 0.6) is 0 Å². The van der Waals surface area contributed by atoms with Crippen molar-refractivity contribution in [3.63, 3.8) is 0 Å². The lowest BCUT2D eigenvalue weighted by molar-refractivity contribution is -0.145. The largest absolute Gasteiger partial charge is 0.481 e. The maximum Gasteiger partial charge on any atom is 0.318 e. The molecule has 1 heterocycles. The fourth-order valence-electron chi connectivity index (χ4n) is 0.707. The van der Waals surface area contributed by atoms with Crippen molar-refractivity contribution < 1.29 is 19.4 Å². The van der Waals surface area contributed by atoms with Gasteiger partial charge in [-0.1, -0.05) is 0 Å². The molecule has 0 aromatic rings. The number of hydrogen-bond acceptors (Lipinski definition) is 3. The topological polar surface area (TPSA) is 63.6 Å². The van der Waals surface area contributed by atoms with Crippen molar-refractivity contribution in [3.8, 4) is 0 Å². The third kappa shape index (κ3) is 1.34. The third-order valence-corrected chi connectivity index (χ3v) is 1.19. The van der Waals surface area contributed by atoms with Crippen LogP contribution in [0.1, 0.15) is 6.42 Å². The van der Waals surface area contributed by atoms with E-state index in [-0.39, 0.29) is 6.42 Å². The van der Waals surface area contributed by atoms with Crippen LogP contribution < -0.4 is 0 Å². The highest BCUT2D eigenvalue weighted by Crippen LogP contribution is 2.13. The number of aliphatic carboxylic acids is 1. The first-order valence-corrected chi connectivity index (χ1v) is 2.79. The number of carboxylic acid groups (broad SMARTS) is 1. The second-order valence-electron chi connectivity index (χ2n) is 1.97. The van der Waals surface area contributed by atoms with E-state index < -0.39 is 17.9 Å². The Bertz CT molecular complexity index is 194. The lowest BCUT2D eigenvalue weighted by Crippen LogP contribution is -2.12. The summed E-state index contributed by atoms with van der Waals surface area (Å²) in [4.78, 5) is 20.6. The van der Waals surface area contributed by atoms with E-state index in [9.17, 15) is 9.59 Å². The summed E-state index contributed by atoms with van der Waals surface area (Å²) in [6, 6.07) is 0. The summed E-state index contributed by atoms with van der Waals surface area (Å²) in [7, 11) is 0. The molecule has 0 saturated carbocycles. The number of hydrogen-bond donors (Lipinski definition) is 1. The molecule has 1 aliphatic heterocycles. The summed E-state index contributed by atoms with van der Waals surface area (Å²) in [5, 5.41) is 8.25. The van der Waals surface area contributed by atoms with Gasteiger partial charge in [0.25, 0.3) is 0 Å². The van der Waals surface area contributed by atoms with Crippen LogP contribution in [0.25, 0.3) is 0 Å². The average Bonchev–Trinajstić information content (AvgIpc) is 2.15. The lowest BCUT2D eigenvalue weighted by atomic mass is 10.1. The minimum Gasteiger partial charge on any atom is -0.481 e. The Kier molecular flexibility index (Phi) is 1.71. The minimum atomic E-state index is -0.992. The Balaban J connectivity index is 2.48. The van der Waals surface area contributed by atoms with E-state index in [1.54, 1.807) is 0 Å². The van der Waals surface area contributed by atoms with Gasteiger partial charge >= 0.3 is 11.9 Å². The molecule has 4 heteroatoms. The predicted octanol–water partition coefficient (Wildman–Crippen LogP) is 0.148. The van der Waals surface area contributed by atoms with E-state index >= 15 is 0 Å². The molecule has 0 aromatic heterocycles. The van der Waals surface area contributed by atoms with Gasteiger partial charge in [-0.3, -0.25) is 9.59 Å². The molecule has 54 valence electrons. The molecule has 1 atom stereocenters. The van der Waals surface area contributed by atoms with Gasteiger partial charge in [0.05, 0.1) is 18.6 Å². The summed E-state index contributed by atoms with van der Waals surface area (Å²) in [6.45, 7) is 0. The molecule has 1 N–H and O–H groups in total. The highest BCUT2D eigenvalue weighted by atomic mass is 16.5. The molecular formula is C6H6O4. The summed E-state index contributed by atoms with van der Waals surface area (Å²) < 4.78 is 4.38.